The Morgan fingerprint density at radius 3 is 0.423 bits per heavy atom. The Morgan fingerprint density at radius 1 is 0.154 bits per heavy atom. The van der Waals surface area contributed by atoms with Crippen molar-refractivity contribution >= 4 is 0 Å². The Balaban J connectivity index is 3.20. The van der Waals surface area contributed by atoms with Crippen LogP contribution in [0, 0.1) is 0 Å². The predicted molar refractivity (Wildman–Crippen MR) is 280 cm³/mol. The minimum atomic E-state index is -0.450. The first kappa shape index (κ1) is 76.9. The molecule has 1 unspecified atom stereocenters. The van der Waals surface area contributed by atoms with E-state index in [1.807, 2.05) is 0 Å². The van der Waals surface area contributed by atoms with E-state index in [1.165, 1.54) is 0 Å². The lowest BCUT2D eigenvalue weighted by molar-refractivity contribution is -0.0713. The Morgan fingerprint density at radius 2 is 0.282 bits per heavy atom. The van der Waals surface area contributed by atoms with E-state index in [0.29, 0.717) is 304 Å². The van der Waals surface area contributed by atoms with Gasteiger partial charge in [-0.2, -0.15) is 0 Å². The second-order valence-electron chi connectivity index (χ2n) is 15.7. The van der Waals surface area contributed by atoms with Gasteiger partial charge in [0.2, 0.25) is 0 Å². The second kappa shape index (κ2) is 73.9. The van der Waals surface area contributed by atoms with Gasteiger partial charge in [0.05, 0.1) is 330 Å². The van der Waals surface area contributed by atoms with E-state index in [2.05, 4.69) is 0 Å². The van der Waals surface area contributed by atoms with Crippen LogP contribution in [0.2, 0.25) is 0 Å². The summed E-state index contributed by atoms with van der Waals surface area (Å²) >= 11 is 0. The van der Waals surface area contributed by atoms with Crippen LogP contribution >= 0.6 is 0 Å². The molecule has 0 heterocycles. The minimum Gasteiger partial charge on any atom is -0.394 e. The van der Waals surface area contributed by atoms with Crippen molar-refractivity contribution < 1.29 is 129 Å². The lowest BCUT2D eigenvalue weighted by Crippen LogP contribution is -2.27. The third kappa shape index (κ3) is 71.0. The van der Waals surface area contributed by atoms with Gasteiger partial charge in [0.15, 0.2) is 0 Å². The van der Waals surface area contributed by atoms with Crippen LogP contribution in [-0.4, -0.2) is 352 Å². The first-order valence-electron chi connectivity index (χ1n) is 27.6. The number of hydrogen-bond donors (Lipinski definition) is 3. The van der Waals surface area contributed by atoms with Crippen molar-refractivity contribution in [1.82, 2.24) is 0 Å². The quantitative estimate of drug-likeness (QED) is 0.0599. The summed E-state index contributed by atoms with van der Waals surface area (Å²) in [7, 11) is 0. The van der Waals surface area contributed by atoms with Crippen LogP contribution in [0.1, 0.15) is 0 Å². The van der Waals surface area contributed by atoms with Crippen LogP contribution in [0.15, 0.2) is 0 Å². The summed E-state index contributed by atoms with van der Waals surface area (Å²) in [6.45, 7) is 21.1. The SMILES string of the molecule is OCCOCCOCCOCCOCCOCCOCCOCCOCCOCCOCCOCCOCC(CO)OCCOCCOCCOCCOCCOCCOCCOCCOCCOCCOCCOCCO. The molecule has 0 amide bonds. The third-order valence-electron chi connectivity index (χ3n) is 9.37. The van der Waals surface area contributed by atoms with E-state index >= 15 is 0 Å². The molecule has 0 fully saturated rings. The Kier molecular flexibility index (Phi) is 72.9. The van der Waals surface area contributed by atoms with Crippen LogP contribution in [0.3, 0.4) is 0 Å². The summed E-state index contributed by atoms with van der Waals surface area (Å²) in [5, 5.41) is 26.8. The maximum absolute atomic E-state index is 9.58. The fourth-order valence-corrected chi connectivity index (χ4v) is 5.49. The molecule has 0 rings (SSSR count). The zero-order valence-corrected chi connectivity index (χ0v) is 47.1. The molecule has 3 N–H and O–H groups in total. The molecule has 1 atom stereocenters. The van der Waals surface area contributed by atoms with Gasteiger partial charge in [-0.05, 0) is 0 Å². The highest BCUT2D eigenvalue weighted by Crippen LogP contribution is 1.95. The molecule has 0 aliphatic heterocycles. The molecule has 0 aliphatic rings. The minimum absolute atomic E-state index is 0.0149. The Bertz CT molecular complexity index is 1040. The monoisotopic (exact) mass is 1150 g/mol. The van der Waals surface area contributed by atoms with E-state index < -0.39 is 6.10 Å². The first-order chi connectivity index (χ1) is 38.8. The topological polar surface area (TPSA) is 282 Å². The van der Waals surface area contributed by atoms with Crippen molar-refractivity contribution in [2.45, 2.75) is 6.10 Å². The van der Waals surface area contributed by atoms with E-state index in [0.717, 1.165) is 0 Å². The molecule has 0 radical (unpaired) electrons. The smallest absolute Gasteiger partial charge is 0.104 e. The van der Waals surface area contributed by atoms with Gasteiger partial charge in [0.25, 0.3) is 0 Å². The molecular formula is C51H104O27. The van der Waals surface area contributed by atoms with E-state index in [1.54, 1.807) is 0 Å². The Labute approximate surface area is 464 Å². The van der Waals surface area contributed by atoms with E-state index in [-0.39, 0.29) is 26.4 Å². The largest absolute Gasteiger partial charge is 0.394 e. The van der Waals surface area contributed by atoms with Crippen LogP contribution in [0.5, 0.6) is 0 Å². The first-order valence-corrected chi connectivity index (χ1v) is 27.6. The molecule has 0 aliphatic carbocycles. The number of rotatable bonds is 74. The lowest BCUT2D eigenvalue weighted by Gasteiger charge is -2.16. The van der Waals surface area contributed by atoms with Crippen molar-refractivity contribution in [2.75, 3.05) is 330 Å². The number of aliphatic hydroxyl groups excluding tert-OH is 3. The standard InChI is InChI=1S/C51H104O27/c52-1-3-55-5-7-57-9-11-59-13-15-61-17-19-63-21-23-65-25-26-67-29-30-69-33-34-71-37-38-73-41-42-75-45-46-77-50-51(49-54)78-48-47-76-44-43-74-40-39-72-36-35-70-32-31-68-28-27-66-24-22-64-20-18-62-16-14-60-12-10-58-8-6-56-4-2-53/h51-54H,1-50H2. The van der Waals surface area contributed by atoms with Gasteiger partial charge in [-0.15, -0.1) is 0 Å². The lowest BCUT2D eigenvalue weighted by atomic mass is 10.4. The molecule has 78 heavy (non-hydrogen) atoms. The predicted octanol–water partition coefficient (Wildman–Crippen LogP) is -1.27. The molecule has 0 aromatic heterocycles. The molecule has 0 bridgehead atoms. The molecule has 0 aromatic carbocycles. The van der Waals surface area contributed by atoms with Crippen molar-refractivity contribution in [3.63, 3.8) is 0 Å². The van der Waals surface area contributed by atoms with Gasteiger partial charge >= 0.3 is 0 Å². The van der Waals surface area contributed by atoms with E-state index in [9.17, 15) is 5.11 Å². The van der Waals surface area contributed by atoms with Crippen LogP contribution in [0.25, 0.3) is 0 Å². The number of ether oxygens (including phenoxy) is 24. The summed E-state index contributed by atoms with van der Waals surface area (Å²) in [6.07, 6.45) is -0.450. The average molecular weight is 1150 g/mol. The second-order valence-corrected chi connectivity index (χ2v) is 15.7. The fraction of sp³-hybridized carbons (Fsp3) is 1.00. The highest BCUT2D eigenvalue weighted by atomic mass is 16.6. The molecule has 0 aromatic rings. The maximum Gasteiger partial charge on any atom is 0.104 e. The van der Waals surface area contributed by atoms with Crippen LogP contribution in [-0.2, 0) is 114 Å². The molecule has 27 nitrogen and oxygen atoms in total. The van der Waals surface area contributed by atoms with Gasteiger partial charge in [-0.1, -0.05) is 0 Å². The van der Waals surface area contributed by atoms with Crippen LogP contribution < -0.4 is 0 Å². The normalized spacial score (nSPS) is 12.2. The van der Waals surface area contributed by atoms with E-state index in [4.69, 9.17) is 124 Å². The van der Waals surface area contributed by atoms with Crippen molar-refractivity contribution in [1.29, 1.82) is 0 Å². The zero-order valence-electron chi connectivity index (χ0n) is 47.1. The van der Waals surface area contributed by atoms with Crippen molar-refractivity contribution in [3.05, 3.63) is 0 Å². The van der Waals surface area contributed by atoms with Crippen molar-refractivity contribution in [2.24, 2.45) is 0 Å². The number of aliphatic hydroxyl groups is 3. The molecule has 470 valence electrons. The average Bonchev–Trinajstić information content (AvgIpc) is 3.45. The van der Waals surface area contributed by atoms with Gasteiger partial charge in [-0.3, -0.25) is 0 Å². The third-order valence-corrected chi connectivity index (χ3v) is 9.37. The summed E-state index contributed by atoms with van der Waals surface area (Å²) < 4.78 is 131. The molecular weight excluding hydrogens is 1040 g/mol. The molecule has 0 spiro atoms. The highest BCUT2D eigenvalue weighted by molar-refractivity contribution is 4.54. The summed E-state index contributed by atoms with van der Waals surface area (Å²) in [6, 6.07) is 0. The van der Waals surface area contributed by atoms with Crippen molar-refractivity contribution in [3.8, 4) is 0 Å². The maximum atomic E-state index is 9.58. The van der Waals surface area contributed by atoms with Crippen LogP contribution in [0.4, 0.5) is 0 Å². The molecule has 0 saturated heterocycles. The highest BCUT2D eigenvalue weighted by Gasteiger charge is 2.08. The molecule has 27 heteroatoms. The van der Waals surface area contributed by atoms with Gasteiger partial charge in [0, 0.05) is 0 Å². The Hall–Kier alpha value is -1.08. The van der Waals surface area contributed by atoms with Gasteiger partial charge < -0.3 is 129 Å². The summed E-state index contributed by atoms with van der Waals surface area (Å²) in [5.41, 5.74) is 0. The van der Waals surface area contributed by atoms with Gasteiger partial charge in [-0.25, -0.2) is 0 Å². The number of hydrogen-bond acceptors (Lipinski definition) is 27. The zero-order chi connectivity index (χ0) is 55.9. The van der Waals surface area contributed by atoms with Gasteiger partial charge in [0.1, 0.15) is 6.10 Å². The fourth-order valence-electron chi connectivity index (χ4n) is 5.49. The summed E-state index contributed by atoms with van der Waals surface area (Å²) in [4.78, 5) is 0. The molecule has 0 saturated carbocycles. The summed E-state index contributed by atoms with van der Waals surface area (Å²) in [5.74, 6) is 0.